The van der Waals surface area contributed by atoms with Gasteiger partial charge in [0, 0.05) is 12.6 Å². The summed E-state index contributed by atoms with van der Waals surface area (Å²) in [7, 11) is 0. The summed E-state index contributed by atoms with van der Waals surface area (Å²) < 4.78 is 5.28. The molecule has 0 spiro atoms. The molecule has 1 aliphatic heterocycles. The molecule has 1 aliphatic rings. The van der Waals surface area contributed by atoms with Crippen LogP contribution in [0.25, 0.3) is 11.5 Å². The van der Waals surface area contributed by atoms with E-state index in [9.17, 15) is 0 Å². The van der Waals surface area contributed by atoms with Crippen molar-refractivity contribution in [2.75, 3.05) is 13.1 Å². The van der Waals surface area contributed by atoms with Crippen LogP contribution in [-0.4, -0.2) is 28.2 Å². The van der Waals surface area contributed by atoms with E-state index >= 15 is 0 Å². The molecule has 0 bridgehead atoms. The summed E-state index contributed by atoms with van der Waals surface area (Å²) in [4.78, 5) is 7.48. The molecule has 0 radical (unpaired) electrons. The van der Waals surface area contributed by atoms with Gasteiger partial charge in [0.2, 0.25) is 11.7 Å². The first-order chi connectivity index (χ1) is 8.92. The van der Waals surface area contributed by atoms with Gasteiger partial charge in [-0.3, -0.25) is 0 Å². The number of aryl methyl sites for hydroxylation is 1. The summed E-state index contributed by atoms with van der Waals surface area (Å²) in [5.74, 6) is 2.14. The van der Waals surface area contributed by atoms with Crippen LogP contribution in [0.2, 0.25) is 0 Å². The average Bonchev–Trinajstić information content (AvgIpc) is 3.08. The number of hydrogen-bond acceptors (Lipinski definition) is 4. The number of nitrogens with zero attached hydrogens (tertiary/aromatic N) is 2. The molecule has 3 rings (SSSR count). The Kier molecular flexibility index (Phi) is 3.41. The lowest BCUT2D eigenvalue weighted by Gasteiger charge is -2.21. The van der Waals surface area contributed by atoms with Crippen molar-refractivity contribution >= 4 is 0 Å². The van der Waals surface area contributed by atoms with Crippen LogP contribution < -0.4 is 5.32 Å². The van der Waals surface area contributed by atoms with Crippen molar-refractivity contribution in [3.05, 3.63) is 24.2 Å². The van der Waals surface area contributed by atoms with Gasteiger partial charge < -0.3 is 14.8 Å². The fourth-order valence-electron chi connectivity index (χ4n) is 2.43. The molecule has 0 amide bonds. The Hall–Kier alpha value is -1.62. The van der Waals surface area contributed by atoms with Crippen LogP contribution >= 0.6 is 0 Å². The summed E-state index contributed by atoms with van der Waals surface area (Å²) in [6, 6.07) is 3.87. The molecule has 2 N–H and O–H groups in total. The Labute approximate surface area is 106 Å². The lowest BCUT2D eigenvalue weighted by atomic mass is 9.95. The Balaban J connectivity index is 1.57. The zero-order valence-corrected chi connectivity index (χ0v) is 10.4. The third-order valence-electron chi connectivity index (χ3n) is 3.47. The van der Waals surface area contributed by atoms with E-state index in [1.54, 1.807) is 0 Å². The molecule has 1 saturated heterocycles. The summed E-state index contributed by atoms with van der Waals surface area (Å²) in [6.07, 6.45) is 6.45. The van der Waals surface area contributed by atoms with Gasteiger partial charge in [0.15, 0.2) is 0 Å². The molecule has 5 heteroatoms. The van der Waals surface area contributed by atoms with Gasteiger partial charge in [-0.2, -0.15) is 4.98 Å². The Morgan fingerprint density at radius 3 is 3.22 bits per heavy atom. The minimum Gasteiger partial charge on any atom is -0.359 e. The van der Waals surface area contributed by atoms with Crippen molar-refractivity contribution in [3.8, 4) is 11.5 Å². The van der Waals surface area contributed by atoms with Crippen LogP contribution in [-0.2, 0) is 6.42 Å². The Morgan fingerprint density at radius 2 is 2.44 bits per heavy atom. The number of aromatic nitrogens is 3. The number of H-pyrrole nitrogens is 1. The molecule has 96 valence electrons. The summed E-state index contributed by atoms with van der Waals surface area (Å²) in [5, 5.41) is 7.42. The summed E-state index contributed by atoms with van der Waals surface area (Å²) in [5.41, 5.74) is 0.907. The third-order valence-corrected chi connectivity index (χ3v) is 3.47. The van der Waals surface area contributed by atoms with E-state index in [0.717, 1.165) is 43.4 Å². The predicted molar refractivity (Wildman–Crippen MR) is 68.0 cm³/mol. The monoisotopic (exact) mass is 246 g/mol. The third kappa shape index (κ3) is 2.61. The maximum absolute atomic E-state index is 5.28. The van der Waals surface area contributed by atoms with E-state index < -0.39 is 0 Å². The second-order valence-corrected chi connectivity index (χ2v) is 4.85. The molecular formula is C13H18N4O. The molecule has 18 heavy (non-hydrogen) atoms. The molecule has 1 atom stereocenters. The van der Waals surface area contributed by atoms with Crippen LogP contribution in [0.4, 0.5) is 0 Å². The number of rotatable bonds is 4. The van der Waals surface area contributed by atoms with Crippen molar-refractivity contribution in [3.63, 3.8) is 0 Å². The van der Waals surface area contributed by atoms with E-state index in [-0.39, 0.29) is 0 Å². The summed E-state index contributed by atoms with van der Waals surface area (Å²) in [6.45, 7) is 2.28. The van der Waals surface area contributed by atoms with Crippen LogP contribution in [0.3, 0.4) is 0 Å². The zero-order chi connectivity index (χ0) is 12.2. The molecule has 1 fully saturated rings. The van der Waals surface area contributed by atoms with Gasteiger partial charge in [-0.1, -0.05) is 5.16 Å². The van der Waals surface area contributed by atoms with Gasteiger partial charge >= 0.3 is 0 Å². The lowest BCUT2D eigenvalue weighted by Crippen LogP contribution is -2.29. The molecule has 5 nitrogen and oxygen atoms in total. The molecular weight excluding hydrogens is 228 g/mol. The predicted octanol–water partition coefficient (Wildman–Crippen LogP) is 2.00. The van der Waals surface area contributed by atoms with Crippen molar-refractivity contribution in [2.24, 2.45) is 5.92 Å². The second kappa shape index (κ2) is 5.35. The minimum atomic E-state index is 0.650. The second-order valence-electron chi connectivity index (χ2n) is 4.85. The Morgan fingerprint density at radius 1 is 1.44 bits per heavy atom. The van der Waals surface area contributed by atoms with E-state index in [2.05, 4.69) is 20.4 Å². The number of piperidine rings is 1. The van der Waals surface area contributed by atoms with Gasteiger partial charge in [-0.15, -0.1) is 0 Å². The highest BCUT2D eigenvalue weighted by Gasteiger charge is 2.15. The van der Waals surface area contributed by atoms with Crippen molar-refractivity contribution in [2.45, 2.75) is 25.7 Å². The Bertz CT molecular complexity index is 471. The SMILES string of the molecule is c1c[nH]c(-c2noc(CCC3CCCNC3)n2)c1. The van der Waals surface area contributed by atoms with Gasteiger partial charge in [0.05, 0.1) is 5.69 Å². The lowest BCUT2D eigenvalue weighted by molar-refractivity contribution is 0.327. The molecule has 0 saturated carbocycles. The largest absolute Gasteiger partial charge is 0.359 e. The number of nitrogens with one attached hydrogen (secondary N) is 2. The van der Waals surface area contributed by atoms with Crippen LogP contribution in [0, 0.1) is 5.92 Å². The molecule has 2 aromatic rings. The maximum atomic E-state index is 5.28. The van der Waals surface area contributed by atoms with Crippen molar-refractivity contribution < 1.29 is 4.52 Å². The highest BCUT2D eigenvalue weighted by Crippen LogP contribution is 2.18. The van der Waals surface area contributed by atoms with Crippen molar-refractivity contribution in [1.82, 2.24) is 20.4 Å². The smallest absolute Gasteiger partial charge is 0.227 e. The van der Waals surface area contributed by atoms with Crippen LogP contribution in [0.15, 0.2) is 22.9 Å². The molecule has 2 aromatic heterocycles. The molecule has 1 unspecified atom stereocenters. The van der Waals surface area contributed by atoms with E-state index in [1.807, 2.05) is 18.3 Å². The van der Waals surface area contributed by atoms with Gasteiger partial charge in [-0.05, 0) is 50.4 Å². The first-order valence-corrected chi connectivity index (χ1v) is 6.59. The van der Waals surface area contributed by atoms with Crippen LogP contribution in [0.1, 0.15) is 25.2 Å². The summed E-state index contributed by atoms with van der Waals surface area (Å²) >= 11 is 0. The zero-order valence-electron chi connectivity index (χ0n) is 10.4. The fraction of sp³-hybridized carbons (Fsp3) is 0.538. The topological polar surface area (TPSA) is 66.7 Å². The van der Waals surface area contributed by atoms with Gasteiger partial charge in [0.25, 0.3) is 0 Å². The highest BCUT2D eigenvalue weighted by atomic mass is 16.5. The molecule has 0 aromatic carbocycles. The minimum absolute atomic E-state index is 0.650. The molecule has 0 aliphatic carbocycles. The average molecular weight is 246 g/mol. The van der Waals surface area contributed by atoms with Gasteiger partial charge in [-0.25, -0.2) is 0 Å². The highest BCUT2D eigenvalue weighted by molar-refractivity contribution is 5.47. The van der Waals surface area contributed by atoms with Crippen LogP contribution in [0.5, 0.6) is 0 Å². The number of aromatic amines is 1. The maximum Gasteiger partial charge on any atom is 0.227 e. The first kappa shape index (κ1) is 11.5. The van der Waals surface area contributed by atoms with E-state index in [0.29, 0.717) is 5.82 Å². The standard InChI is InChI=1S/C13H18N4O/c1-3-10(9-14-7-1)5-6-12-16-13(17-18-12)11-4-2-8-15-11/h2,4,8,10,14-15H,1,3,5-7,9H2. The quantitative estimate of drug-likeness (QED) is 0.866. The molecule has 3 heterocycles. The fourth-order valence-corrected chi connectivity index (χ4v) is 2.43. The van der Waals surface area contributed by atoms with E-state index in [1.165, 1.54) is 12.8 Å². The normalized spacial score (nSPS) is 20.1. The van der Waals surface area contributed by atoms with E-state index in [4.69, 9.17) is 4.52 Å². The first-order valence-electron chi connectivity index (χ1n) is 6.59. The number of hydrogen-bond donors (Lipinski definition) is 2. The van der Waals surface area contributed by atoms with Crippen molar-refractivity contribution in [1.29, 1.82) is 0 Å². The van der Waals surface area contributed by atoms with Gasteiger partial charge in [0.1, 0.15) is 0 Å².